The van der Waals surface area contributed by atoms with Gasteiger partial charge in [0.25, 0.3) is 0 Å². The Bertz CT molecular complexity index is 477. The molecule has 0 heterocycles. The molecular formula is C9H10O5S. The predicted molar refractivity (Wildman–Crippen MR) is 52.1 cm³/mol. The fourth-order valence-corrected chi connectivity index (χ4v) is 2.11. The van der Waals surface area contributed by atoms with E-state index < -0.39 is 21.9 Å². The van der Waals surface area contributed by atoms with E-state index in [0.717, 1.165) is 6.26 Å². The minimum Gasteiger partial charge on any atom is -0.479 e. The van der Waals surface area contributed by atoms with Crippen LogP contribution in [0.25, 0.3) is 0 Å². The van der Waals surface area contributed by atoms with Crippen LogP contribution in [0.5, 0.6) is 0 Å². The van der Waals surface area contributed by atoms with Gasteiger partial charge in [0.2, 0.25) is 0 Å². The summed E-state index contributed by atoms with van der Waals surface area (Å²) in [5.74, 6) is -1.48. The molecule has 0 aromatic heterocycles. The lowest BCUT2D eigenvalue weighted by molar-refractivity contribution is -0.147. The number of hydrogen-bond acceptors (Lipinski definition) is 4. The van der Waals surface area contributed by atoms with Crippen molar-refractivity contribution in [2.75, 3.05) is 6.26 Å². The fraction of sp³-hybridized carbons (Fsp3) is 0.222. The molecule has 0 aliphatic carbocycles. The van der Waals surface area contributed by atoms with Crippen LogP contribution in [0.3, 0.4) is 0 Å². The van der Waals surface area contributed by atoms with Crippen molar-refractivity contribution < 1.29 is 23.4 Å². The maximum atomic E-state index is 11.3. The molecule has 0 radical (unpaired) electrons. The highest BCUT2D eigenvalue weighted by molar-refractivity contribution is 7.90. The summed E-state index contributed by atoms with van der Waals surface area (Å²) in [7, 11) is -3.54. The minimum absolute atomic E-state index is 0.118. The second-order valence-corrected chi connectivity index (χ2v) is 5.03. The van der Waals surface area contributed by atoms with E-state index in [1.807, 2.05) is 0 Å². The van der Waals surface area contributed by atoms with Crippen LogP contribution in [0, 0.1) is 0 Å². The summed E-state index contributed by atoms with van der Waals surface area (Å²) >= 11 is 0. The van der Waals surface area contributed by atoms with Gasteiger partial charge in [-0.2, -0.15) is 0 Å². The zero-order chi connectivity index (χ0) is 11.6. The van der Waals surface area contributed by atoms with Crippen LogP contribution in [0.15, 0.2) is 29.2 Å². The maximum absolute atomic E-state index is 11.3. The van der Waals surface area contributed by atoms with Crippen molar-refractivity contribution >= 4 is 15.8 Å². The lowest BCUT2D eigenvalue weighted by Gasteiger charge is -2.10. The van der Waals surface area contributed by atoms with Gasteiger partial charge in [0.1, 0.15) is 0 Å². The minimum atomic E-state index is -3.54. The zero-order valence-corrected chi connectivity index (χ0v) is 8.73. The van der Waals surface area contributed by atoms with E-state index in [1.54, 1.807) is 0 Å². The highest BCUT2D eigenvalue weighted by atomic mass is 32.2. The van der Waals surface area contributed by atoms with Crippen molar-refractivity contribution in [1.82, 2.24) is 0 Å². The molecule has 0 bridgehead atoms. The highest BCUT2D eigenvalue weighted by Crippen LogP contribution is 2.22. The number of carboxylic acid groups (broad SMARTS) is 1. The zero-order valence-electron chi connectivity index (χ0n) is 7.91. The van der Waals surface area contributed by atoms with Crippen molar-refractivity contribution in [2.24, 2.45) is 0 Å². The number of rotatable bonds is 3. The predicted octanol–water partition coefficient (Wildman–Crippen LogP) is 0.208. The molecule has 82 valence electrons. The average Bonchev–Trinajstić information content (AvgIpc) is 2.15. The molecule has 1 atom stereocenters. The molecule has 6 heteroatoms. The molecule has 1 aromatic carbocycles. The SMILES string of the molecule is CS(=O)(=O)c1ccccc1C(O)C(=O)O. The number of carboxylic acids is 1. The number of aliphatic carboxylic acids is 1. The first kappa shape index (κ1) is 11.7. The average molecular weight is 230 g/mol. The Morgan fingerprint density at radius 3 is 2.33 bits per heavy atom. The topological polar surface area (TPSA) is 91.7 Å². The van der Waals surface area contributed by atoms with E-state index in [-0.39, 0.29) is 10.5 Å². The molecule has 1 rings (SSSR count). The van der Waals surface area contributed by atoms with Crippen molar-refractivity contribution in [1.29, 1.82) is 0 Å². The molecule has 2 N–H and O–H groups in total. The van der Waals surface area contributed by atoms with Crippen molar-refractivity contribution in [3.8, 4) is 0 Å². The normalized spacial score (nSPS) is 13.5. The molecule has 0 amide bonds. The van der Waals surface area contributed by atoms with Crippen LogP contribution in [0.2, 0.25) is 0 Å². The van der Waals surface area contributed by atoms with Gasteiger partial charge in [-0.25, -0.2) is 13.2 Å². The van der Waals surface area contributed by atoms with Gasteiger partial charge in [0, 0.05) is 11.8 Å². The third-order valence-electron chi connectivity index (χ3n) is 1.85. The first-order valence-corrected chi connectivity index (χ1v) is 5.93. The molecule has 5 nitrogen and oxygen atoms in total. The van der Waals surface area contributed by atoms with Crippen LogP contribution in [-0.2, 0) is 14.6 Å². The van der Waals surface area contributed by atoms with E-state index in [4.69, 9.17) is 5.11 Å². The van der Waals surface area contributed by atoms with Crippen LogP contribution in [0.1, 0.15) is 11.7 Å². The van der Waals surface area contributed by atoms with Gasteiger partial charge in [-0.1, -0.05) is 18.2 Å². The van der Waals surface area contributed by atoms with Gasteiger partial charge < -0.3 is 10.2 Å². The van der Waals surface area contributed by atoms with Crippen molar-refractivity contribution in [2.45, 2.75) is 11.0 Å². The monoisotopic (exact) mass is 230 g/mol. The van der Waals surface area contributed by atoms with Crippen LogP contribution in [0.4, 0.5) is 0 Å². The number of aliphatic hydroxyl groups is 1. The first-order valence-electron chi connectivity index (χ1n) is 4.04. The maximum Gasteiger partial charge on any atom is 0.337 e. The van der Waals surface area contributed by atoms with Gasteiger partial charge in [-0.3, -0.25) is 0 Å². The smallest absolute Gasteiger partial charge is 0.337 e. The van der Waals surface area contributed by atoms with Gasteiger partial charge in [0.05, 0.1) is 4.90 Å². The largest absolute Gasteiger partial charge is 0.479 e. The van der Waals surface area contributed by atoms with Crippen LogP contribution < -0.4 is 0 Å². The van der Waals surface area contributed by atoms with E-state index in [0.29, 0.717) is 0 Å². The van der Waals surface area contributed by atoms with Gasteiger partial charge >= 0.3 is 5.97 Å². The van der Waals surface area contributed by atoms with E-state index in [1.165, 1.54) is 24.3 Å². The molecule has 0 saturated heterocycles. The Morgan fingerprint density at radius 2 is 1.87 bits per heavy atom. The Balaban J connectivity index is 3.37. The molecule has 0 spiro atoms. The second kappa shape index (κ2) is 4.00. The summed E-state index contributed by atoms with van der Waals surface area (Å²) < 4.78 is 22.6. The number of sulfone groups is 1. The van der Waals surface area contributed by atoms with Gasteiger partial charge in [-0.05, 0) is 6.07 Å². The summed E-state index contributed by atoms with van der Waals surface area (Å²) in [5.41, 5.74) is -0.118. The molecule has 0 aliphatic heterocycles. The summed E-state index contributed by atoms with van der Waals surface area (Å²) in [6.45, 7) is 0. The summed E-state index contributed by atoms with van der Waals surface area (Å²) in [4.78, 5) is 10.4. The lowest BCUT2D eigenvalue weighted by atomic mass is 10.1. The van der Waals surface area contributed by atoms with Gasteiger partial charge in [-0.15, -0.1) is 0 Å². The quantitative estimate of drug-likeness (QED) is 0.774. The number of aliphatic hydroxyl groups excluding tert-OH is 1. The number of benzene rings is 1. The standard InChI is InChI=1S/C9H10O5S/c1-15(13,14)7-5-3-2-4-6(7)8(10)9(11)12/h2-5,8,10H,1H3,(H,11,12). The summed E-state index contributed by atoms with van der Waals surface area (Å²) in [5, 5.41) is 17.9. The number of hydrogen-bond donors (Lipinski definition) is 2. The molecule has 0 fully saturated rings. The lowest BCUT2D eigenvalue weighted by Crippen LogP contribution is -2.14. The third-order valence-corrected chi connectivity index (χ3v) is 3.02. The molecular weight excluding hydrogens is 220 g/mol. The number of carbonyl (C=O) groups is 1. The third kappa shape index (κ3) is 2.54. The Kier molecular flexibility index (Phi) is 3.11. The Hall–Kier alpha value is -1.40. The summed E-state index contributed by atoms with van der Waals surface area (Å²) in [6, 6.07) is 5.47. The van der Waals surface area contributed by atoms with Crippen LogP contribution >= 0.6 is 0 Å². The van der Waals surface area contributed by atoms with E-state index in [2.05, 4.69) is 0 Å². The molecule has 15 heavy (non-hydrogen) atoms. The molecule has 0 saturated carbocycles. The first-order chi connectivity index (χ1) is 6.84. The van der Waals surface area contributed by atoms with Crippen molar-refractivity contribution in [3.05, 3.63) is 29.8 Å². The van der Waals surface area contributed by atoms with Crippen molar-refractivity contribution in [3.63, 3.8) is 0 Å². The molecule has 1 unspecified atom stereocenters. The second-order valence-electron chi connectivity index (χ2n) is 3.05. The Morgan fingerprint density at radius 1 is 1.33 bits per heavy atom. The fourth-order valence-electron chi connectivity index (χ4n) is 1.18. The molecule has 0 aliphatic rings. The van der Waals surface area contributed by atoms with E-state index in [9.17, 15) is 18.3 Å². The van der Waals surface area contributed by atoms with Crippen LogP contribution in [-0.4, -0.2) is 30.9 Å². The van der Waals surface area contributed by atoms with Gasteiger partial charge in [0.15, 0.2) is 15.9 Å². The van der Waals surface area contributed by atoms with E-state index >= 15 is 0 Å². The summed E-state index contributed by atoms with van der Waals surface area (Å²) in [6.07, 6.45) is -0.864. The Labute approximate surface area is 86.9 Å². The highest BCUT2D eigenvalue weighted by Gasteiger charge is 2.23. The molecule has 1 aromatic rings.